The van der Waals surface area contributed by atoms with E-state index in [0.717, 1.165) is 44.6 Å². The molecule has 1 fully saturated rings. The van der Waals surface area contributed by atoms with Crippen LogP contribution in [0.1, 0.15) is 49.7 Å². The average molecular weight is 486 g/mol. The lowest BCUT2D eigenvalue weighted by molar-refractivity contribution is -0.142. The second kappa shape index (κ2) is 10.2. The number of halogens is 6. The summed E-state index contributed by atoms with van der Waals surface area (Å²) in [6.07, 6.45) is 3.29. The molecule has 182 valence electrons. The topological polar surface area (TPSA) is 0 Å². The van der Waals surface area contributed by atoms with E-state index in [2.05, 4.69) is 18.4 Å². The molecule has 3 aromatic carbocycles. The first kappa shape index (κ1) is 24.9. The van der Waals surface area contributed by atoms with Crippen molar-refractivity contribution in [3.63, 3.8) is 0 Å². The van der Waals surface area contributed by atoms with Crippen LogP contribution in [-0.4, -0.2) is 0 Å². The Hall–Kier alpha value is -3.20. The van der Waals surface area contributed by atoms with Gasteiger partial charge in [-0.2, -0.15) is 13.2 Å². The number of allylic oxidation sites excluding steroid dienone is 1. The SMILES string of the molecule is C=CCCC1CCC(C#Cc2ccc(-c3ccc4c(F)c(C(F)(F)F)c(F)cc4c3)c(F)c2)CC1. The highest BCUT2D eigenvalue weighted by Crippen LogP contribution is 2.38. The Balaban J connectivity index is 1.54. The molecule has 0 saturated heterocycles. The number of rotatable bonds is 4. The molecule has 0 radical (unpaired) electrons. The van der Waals surface area contributed by atoms with Gasteiger partial charge in [-0.25, -0.2) is 13.2 Å². The molecule has 6 heteroatoms. The first-order valence-corrected chi connectivity index (χ1v) is 11.6. The molecule has 0 nitrogen and oxygen atoms in total. The van der Waals surface area contributed by atoms with Gasteiger partial charge in [-0.15, -0.1) is 6.58 Å². The minimum absolute atomic E-state index is 0.0857. The zero-order valence-corrected chi connectivity index (χ0v) is 19.0. The summed E-state index contributed by atoms with van der Waals surface area (Å²) in [4.78, 5) is 0. The van der Waals surface area contributed by atoms with Crippen LogP contribution in [-0.2, 0) is 6.18 Å². The minimum atomic E-state index is -5.16. The molecule has 1 aliphatic carbocycles. The van der Waals surface area contributed by atoms with E-state index < -0.39 is 29.2 Å². The van der Waals surface area contributed by atoms with E-state index in [1.165, 1.54) is 24.3 Å². The molecule has 0 aliphatic heterocycles. The molecule has 0 unspecified atom stereocenters. The Kier molecular flexibility index (Phi) is 7.25. The molecule has 35 heavy (non-hydrogen) atoms. The number of alkyl halides is 3. The van der Waals surface area contributed by atoms with Gasteiger partial charge in [-0.1, -0.05) is 36.1 Å². The molecule has 0 atom stereocenters. The second-order valence-corrected chi connectivity index (χ2v) is 9.03. The molecule has 0 bridgehead atoms. The van der Waals surface area contributed by atoms with Crippen molar-refractivity contribution in [1.82, 2.24) is 0 Å². The van der Waals surface area contributed by atoms with E-state index in [-0.39, 0.29) is 22.3 Å². The average Bonchev–Trinajstić information content (AvgIpc) is 2.81. The maximum Gasteiger partial charge on any atom is 0.422 e. The smallest absolute Gasteiger partial charge is 0.206 e. The van der Waals surface area contributed by atoms with Crippen molar-refractivity contribution in [3.8, 4) is 23.0 Å². The van der Waals surface area contributed by atoms with Gasteiger partial charge in [-0.05, 0) is 79.7 Å². The third-order valence-corrected chi connectivity index (χ3v) is 6.64. The maximum atomic E-state index is 14.9. The van der Waals surface area contributed by atoms with Gasteiger partial charge in [0, 0.05) is 22.4 Å². The summed E-state index contributed by atoms with van der Waals surface area (Å²) >= 11 is 0. The van der Waals surface area contributed by atoms with Gasteiger partial charge in [0.25, 0.3) is 0 Å². The summed E-state index contributed by atoms with van der Waals surface area (Å²) in [5.41, 5.74) is -0.948. The Bertz CT molecular complexity index is 1300. The van der Waals surface area contributed by atoms with Crippen LogP contribution in [0.25, 0.3) is 21.9 Å². The van der Waals surface area contributed by atoms with Crippen molar-refractivity contribution in [2.45, 2.75) is 44.7 Å². The quantitative estimate of drug-likeness (QED) is 0.196. The molecule has 0 N–H and O–H groups in total. The van der Waals surface area contributed by atoms with Crippen LogP contribution in [0.3, 0.4) is 0 Å². The van der Waals surface area contributed by atoms with Gasteiger partial charge in [0.05, 0.1) is 0 Å². The molecule has 0 aromatic heterocycles. The summed E-state index contributed by atoms with van der Waals surface area (Å²) in [6, 6.07) is 8.80. The Morgan fingerprint density at radius 2 is 1.66 bits per heavy atom. The van der Waals surface area contributed by atoms with Crippen molar-refractivity contribution >= 4 is 10.8 Å². The highest BCUT2D eigenvalue weighted by molar-refractivity contribution is 5.88. The molecular formula is C29H24F6. The molecule has 1 saturated carbocycles. The molecule has 0 amide bonds. The molecular weight excluding hydrogens is 462 g/mol. The fraction of sp³-hybridized carbons (Fsp3) is 0.310. The van der Waals surface area contributed by atoms with E-state index in [0.29, 0.717) is 23.1 Å². The van der Waals surface area contributed by atoms with Gasteiger partial charge in [-0.3, -0.25) is 0 Å². The van der Waals surface area contributed by atoms with Crippen LogP contribution in [0.4, 0.5) is 26.3 Å². The second-order valence-electron chi connectivity index (χ2n) is 9.03. The monoisotopic (exact) mass is 486 g/mol. The van der Waals surface area contributed by atoms with Crippen molar-refractivity contribution in [2.75, 3.05) is 0 Å². The molecule has 0 spiro atoms. The number of hydrogen-bond acceptors (Lipinski definition) is 0. The van der Waals surface area contributed by atoms with E-state index in [4.69, 9.17) is 0 Å². The van der Waals surface area contributed by atoms with Crippen molar-refractivity contribution in [2.24, 2.45) is 11.8 Å². The van der Waals surface area contributed by atoms with E-state index >= 15 is 0 Å². The Morgan fingerprint density at radius 3 is 2.31 bits per heavy atom. The lowest BCUT2D eigenvalue weighted by Gasteiger charge is -2.25. The van der Waals surface area contributed by atoms with Crippen molar-refractivity contribution < 1.29 is 26.3 Å². The van der Waals surface area contributed by atoms with Gasteiger partial charge < -0.3 is 0 Å². The molecule has 3 aromatic rings. The van der Waals surface area contributed by atoms with Crippen molar-refractivity contribution in [3.05, 3.63) is 83.7 Å². The van der Waals surface area contributed by atoms with E-state index in [1.807, 2.05) is 6.08 Å². The van der Waals surface area contributed by atoms with Gasteiger partial charge in [0.2, 0.25) is 0 Å². The summed E-state index contributed by atoms with van der Waals surface area (Å²) < 4.78 is 82.2. The lowest BCUT2D eigenvalue weighted by Crippen LogP contribution is -2.13. The van der Waals surface area contributed by atoms with Crippen LogP contribution < -0.4 is 0 Å². The molecule has 1 aliphatic rings. The summed E-state index contributed by atoms with van der Waals surface area (Å²) in [5.74, 6) is 3.32. The predicted octanol–water partition coefficient (Wildman–Crippen LogP) is 9.07. The zero-order chi connectivity index (χ0) is 25.2. The Morgan fingerprint density at radius 1 is 0.914 bits per heavy atom. The third-order valence-electron chi connectivity index (χ3n) is 6.64. The largest absolute Gasteiger partial charge is 0.422 e. The van der Waals surface area contributed by atoms with E-state index in [1.54, 1.807) is 6.07 Å². The van der Waals surface area contributed by atoms with Gasteiger partial charge >= 0.3 is 6.18 Å². The predicted molar refractivity (Wildman–Crippen MR) is 126 cm³/mol. The highest BCUT2D eigenvalue weighted by Gasteiger charge is 2.38. The third kappa shape index (κ3) is 5.56. The first-order valence-electron chi connectivity index (χ1n) is 11.6. The standard InChI is InChI=1S/C29H24F6/c1-2-3-4-18-5-7-19(8-6-18)9-10-20-11-13-23(25(30)15-20)21-12-14-24-22(16-21)17-26(31)27(28(24)32)29(33,34)35/h2,11-19H,1,3-8H2. The number of benzene rings is 3. The fourth-order valence-electron chi connectivity index (χ4n) is 4.72. The Labute approximate surface area is 200 Å². The zero-order valence-electron chi connectivity index (χ0n) is 19.0. The van der Waals surface area contributed by atoms with Gasteiger partial charge in [0.1, 0.15) is 23.0 Å². The minimum Gasteiger partial charge on any atom is -0.206 e. The number of fused-ring (bicyclic) bond motifs is 1. The van der Waals surface area contributed by atoms with Crippen LogP contribution in [0, 0.1) is 41.1 Å². The molecule has 0 heterocycles. The van der Waals surface area contributed by atoms with E-state index in [9.17, 15) is 26.3 Å². The van der Waals surface area contributed by atoms with Crippen LogP contribution in [0.5, 0.6) is 0 Å². The van der Waals surface area contributed by atoms with Crippen LogP contribution in [0.2, 0.25) is 0 Å². The summed E-state index contributed by atoms with van der Waals surface area (Å²) in [5, 5.41) is -0.470. The highest BCUT2D eigenvalue weighted by atomic mass is 19.4. The van der Waals surface area contributed by atoms with Crippen LogP contribution >= 0.6 is 0 Å². The van der Waals surface area contributed by atoms with Crippen molar-refractivity contribution in [1.29, 1.82) is 0 Å². The van der Waals surface area contributed by atoms with Crippen LogP contribution in [0.15, 0.2) is 55.1 Å². The normalized spacial score (nSPS) is 18.2. The van der Waals surface area contributed by atoms with Gasteiger partial charge in [0.15, 0.2) is 0 Å². The lowest BCUT2D eigenvalue weighted by atomic mass is 9.80. The maximum absolute atomic E-state index is 14.9. The molecule has 4 rings (SSSR count). The first-order chi connectivity index (χ1) is 16.7. The fourth-order valence-corrected chi connectivity index (χ4v) is 4.72. The summed E-state index contributed by atoms with van der Waals surface area (Å²) in [6.45, 7) is 3.77. The summed E-state index contributed by atoms with van der Waals surface area (Å²) in [7, 11) is 0. The number of hydrogen-bond donors (Lipinski definition) is 0.